The summed E-state index contributed by atoms with van der Waals surface area (Å²) in [6.07, 6.45) is -1.76. The summed E-state index contributed by atoms with van der Waals surface area (Å²) in [7, 11) is 2.85. The summed E-state index contributed by atoms with van der Waals surface area (Å²) in [5.41, 5.74) is 1.58. The van der Waals surface area contributed by atoms with E-state index in [-0.39, 0.29) is 18.5 Å². The molecule has 2 saturated carbocycles. The molecule has 46 heavy (non-hydrogen) atoms. The van der Waals surface area contributed by atoms with Crippen LogP contribution in [-0.4, -0.2) is 111 Å². The third kappa shape index (κ3) is 4.89. The Kier molecular flexibility index (Phi) is 8.13. The number of nitrogens with zero attached hydrogens (tertiary/aromatic N) is 2. The first-order valence-corrected chi connectivity index (χ1v) is 15.2. The van der Waals surface area contributed by atoms with Gasteiger partial charge in [-0.2, -0.15) is 0 Å². The smallest absolute Gasteiger partial charge is 0.411 e. The number of likely N-dealkylation sites (N-methyl/N-ethyl adjacent to an activating group) is 1. The number of hydrogen-bond donors (Lipinski definition) is 3. The van der Waals surface area contributed by atoms with Gasteiger partial charge in [0.2, 0.25) is 5.91 Å². The second-order valence-corrected chi connectivity index (χ2v) is 13.8. The van der Waals surface area contributed by atoms with Crippen molar-refractivity contribution >= 4 is 41.1 Å². The molecular weight excluding hydrogens is 602 g/mol. The fourth-order valence-corrected chi connectivity index (χ4v) is 7.83. The number of primary amides is 1. The number of fused-ring (bicyclic) bond motifs is 3. The number of benzene rings is 1. The Morgan fingerprint density at radius 1 is 1.09 bits per heavy atom. The van der Waals surface area contributed by atoms with E-state index < -0.39 is 106 Å². The zero-order chi connectivity index (χ0) is 34.2. The molecule has 5 rings (SSSR count). The molecule has 1 aromatic rings. The quantitative estimate of drug-likeness (QED) is 0.300. The van der Waals surface area contributed by atoms with Gasteiger partial charge in [0, 0.05) is 12.5 Å². The number of nitrogens with two attached hydrogens (primary N) is 1. The maximum absolute atomic E-state index is 14.3. The van der Waals surface area contributed by atoms with Crippen molar-refractivity contribution in [2.24, 2.45) is 29.4 Å². The second-order valence-electron chi connectivity index (χ2n) is 13.8. The number of Topliss-reactive ketones (excluding diaryl/α,β-unsaturated/α-hetero) is 4. The van der Waals surface area contributed by atoms with Crippen molar-refractivity contribution in [3.63, 3.8) is 0 Å². The van der Waals surface area contributed by atoms with Gasteiger partial charge in [-0.25, -0.2) is 9.59 Å². The monoisotopic (exact) mass is 641 g/mol. The molecule has 1 aromatic carbocycles. The highest BCUT2D eigenvalue weighted by Gasteiger charge is 2.74. The Morgan fingerprint density at radius 2 is 1.74 bits per heavy atom. The number of aromatic hydroxyl groups is 1. The van der Waals surface area contributed by atoms with Gasteiger partial charge in [-0.05, 0) is 65.3 Å². The first-order valence-electron chi connectivity index (χ1n) is 15.2. The highest BCUT2D eigenvalue weighted by molar-refractivity contribution is 6.32. The van der Waals surface area contributed by atoms with Crippen molar-refractivity contribution in [2.75, 3.05) is 20.6 Å². The summed E-state index contributed by atoms with van der Waals surface area (Å²) in [6, 6.07) is 1.67. The zero-order valence-electron chi connectivity index (χ0n) is 26.5. The van der Waals surface area contributed by atoms with E-state index in [0.29, 0.717) is 12.0 Å². The number of carbonyl (C=O) groups is 7. The maximum atomic E-state index is 14.3. The van der Waals surface area contributed by atoms with E-state index in [9.17, 15) is 43.8 Å². The molecule has 3 aliphatic carbocycles. The van der Waals surface area contributed by atoms with E-state index in [1.807, 2.05) is 0 Å². The van der Waals surface area contributed by atoms with Crippen LogP contribution in [0.1, 0.15) is 62.4 Å². The fourth-order valence-electron chi connectivity index (χ4n) is 7.83. The highest BCUT2D eigenvalue weighted by Crippen LogP contribution is 2.55. The van der Waals surface area contributed by atoms with Crippen LogP contribution in [0.25, 0.3) is 0 Å². The molecule has 1 saturated heterocycles. The van der Waals surface area contributed by atoms with E-state index in [1.165, 1.54) is 36.0 Å². The number of aliphatic hydroxyl groups is 1. The van der Waals surface area contributed by atoms with E-state index >= 15 is 0 Å². The number of likely N-dealkylation sites (tertiary alicyclic amines) is 1. The summed E-state index contributed by atoms with van der Waals surface area (Å²) < 4.78 is 11.6. The molecule has 9 atom stereocenters. The SMILES string of the molecule is C[C@H]1c2cccc(O)c2C(=O)C2C(=O)[C@]3(O)C(=O)C(C(N)=O)C(=O)[C@@H](N(C)C)[C@@H]3[C@@H](OC(=O)C3CCCN3C(=O)OC(C)(C)C)[C@@H]21. The van der Waals surface area contributed by atoms with E-state index in [4.69, 9.17) is 15.2 Å². The van der Waals surface area contributed by atoms with Gasteiger partial charge in [0.25, 0.3) is 0 Å². The van der Waals surface area contributed by atoms with Gasteiger partial charge >= 0.3 is 12.1 Å². The highest BCUT2D eigenvalue weighted by atomic mass is 16.6. The number of esters is 1. The Labute approximate surface area is 265 Å². The number of phenols is 1. The maximum Gasteiger partial charge on any atom is 0.411 e. The molecular formula is C32H39N3O11. The standard InChI is InChI=1S/C32H39N3O11/c1-13-14-9-7-11-16(36)18(14)23(37)19-17(13)25(45-29(42)15-10-8-12-35(15)30(43)46-31(2,3)4)21-22(34(5)6)24(38)20(28(33)41)27(40)32(21,44)26(19)39/h7,9,11,13,15,17,19-22,25,36,44H,8,10,12H2,1-6H3,(H2,33,41)/t13-,15?,17+,19?,20?,21+,22-,25-,32-/m0/s1. The molecule has 248 valence electrons. The van der Waals surface area contributed by atoms with Crippen molar-refractivity contribution in [2.45, 2.75) is 75.8 Å². The predicted octanol–water partition coefficient (Wildman–Crippen LogP) is 0.349. The minimum atomic E-state index is -3.15. The first kappa shape index (κ1) is 33.2. The topological polar surface area (TPSA) is 211 Å². The molecule has 1 aliphatic heterocycles. The second kappa shape index (κ2) is 11.3. The molecule has 0 spiro atoms. The molecule has 14 heteroatoms. The van der Waals surface area contributed by atoms with Gasteiger partial charge in [0.05, 0.1) is 23.4 Å². The van der Waals surface area contributed by atoms with Gasteiger partial charge in [-0.1, -0.05) is 19.1 Å². The summed E-state index contributed by atoms with van der Waals surface area (Å²) in [5.74, 6) is -15.2. The molecule has 4 N–H and O–H groups in total. The lowest BCUT2D eigenvalue weighted by molar-refractivity contribution is -0.207. The molecule has 0 radical (unpaired) electrons. The largest absolute Gasteiger partial charge is 0.507 e. The number of phenolic OH excluding ortho intramolecular Hbond substituents is 1. The van der Waals surface area contributed by atoms with Crippen LogP contribution < -0.4 is 5.73 Å². The normalized spacial score (nSPS) is 34.1. The molecule has 0 bridgehead atoms. The molecule has 3 unspecified atom stereocenters. The van der Waals surface area contributed by atoms with E-state index in [1.54, 1.807) is 33.8 Å². The Morgan fingerprint density at radius 3 is 2.33 bits per heavy atom. The number of ketones is 4. The van der Waals surface area contributed by atoms with Crippen LogP contribution in [0.5, 0.6) is 5.75 Å². The summed E-state index contributed by atoms with van der Waals surface area (Å²) >= 11 is 0. The van der Waals surface area contributed by atoms with E-state index in [0.717, 1.165) is 0 Å². The summed E-state index contributed by atoms with van der Waals surface area (Å²) in [6.45, 7) is 6.83. The predicted molar refractivity (Wildman–Crippen MR) is 157 cm³/mol. The van der Waals surface area contributed by atoms with Crippen molar-refractivity contribution in [3.8, 4) is 5.75 Å². The fraction of sp³-hybridized carbons (Fsp3) is 0.594. The van der Waals surface area contributed by atoms with Crippen molar-refractivity contribution in [3.05, 3.63) is 29.3 Å². The minimum Gasteiger partial charge on any atom is -0.507 e. The van der Waals surface area contributed by atoms with Gasteiger partial charge in [-0.15, -0.1) is 0 Å². The van der Waals surface area contributed by atoms with Gasteiger partial charge < -0.3 is 25.4 Å². The van der Waals surface area contributed by atoms with Crippen LogP contribution in [0.15, 0.2) is 18.2 Å². The van der Waals surface area contributed by atoms with Crippen molar-refractivity contribution in [1.29, 1.82) is 0 Å². The molecule has 0 aromatic heterocycles. The lowest BCUT2D eigenvalue weighted by atomic mass is 9.49. The Hall–Kier alpha value is -4.17. The number of rotatable bonds is 4. The first-order chi connectivity index (χ1) is 21.3. The molecule has 4 aliphatic rings. The third-order valence-corrected chi connectivity index (χ3v) is 9.73. The number of carbonyl (C=O) groups excluding carboxylic acids is 7. The van der Waals surface area contributed by atoms with Crippen molar-refractivity contribution < 1.29 is 53.2 Å². The number of ether oxygens (including phenoxy) is 2. The minimum absolute atomic E-state index is 0.177. The summed E-state index contributed by atoms with van der Waals surface area (Å²) in [5, 5.41) is 22.8. The van der Waals surface area contributed by atoms with Gasteiger partial charge in [0.1, 0.15) is 23.5 Å². The van der Waals surface area contributed by atoms with Gasteiger partial charge in [-0.3, -0.25) is 33.8 Å². The molecule has 14 nitrogen and oxygen atoms in total. The zero-order valence-corrected chi connectivity index (χ0v) is 26.5. The van der Waals surface area contributed by atoms with Crippen LogP contribution in [0.3, 0.4) is 0 Å². The summed E-state index contributed by atoms with van der Waals surface area (Å²) in [4.78, 5) is 97.9. The van der Waals surface area contributed by atoms with Crippen LogP contribution in [0.4, 0.5) is 4.79 Å². The van der Waals surface area contributed by atoms with Gasteiger partial charge in [0.15, 0.2) is 34.7 Å². The van der Waals surface area contributed by atoms with Crippen molar-refractivity contribution in [1.82, 2.24) is 9.80 Å². The molecule has 1 heterocycles. The van der Waals surface area contributed by atoms with Crippen LogP contribution in [0.2, 0.25) is 0 Å². The lowest BCUT2D eigenvalue weighted by Gasteiger charge is -2.56. The third-order valence-electron chi connectivity index (χ3n) is 9.73. The number of amides is 2. The average Bonchev–Trinajstić information content (AvgIpc) is 3.44. The average molecular weight is 642 g/mol. The van der Waals surface area contributed by atoms with Crippen LogP contribution >= 0.6 is 0 Å². The lowest BCUT2D eigenvalue weighted by Crippen LogP contribution is -2.78. The van der Waals surface area contributed by atoms with E-state index in [2.05, 4.69) is 0 Å². The Bertz CT molecular complexity index is 1550. The van der Waals surface area contributed by atoms with Crippen LogP contribution in [0, 0.1) is 23.7 Å². The molecule has 3 fully saturated rings. The number of hydrogen-bond acceptors (Lipinski definition) is 12. The Balaban J connectivity index is 1.68. The molecule has 2 amide bonds. The van der Waals surface area contributed by atoms with Crippen LogP contribution in [-0.2, 0) is 33.4 Å².